The first-order chi connectivity index (χ1) is 15.5. The Morgan fingerprint density at radius 2 is 1.84 bits per heavy atom. The van der Waals surface area contributed by atoms with Gasteiger partial charge in [0.1, 0.15) is 6.04 Å². The third-order valence-electron chi connectivity index (χ3n) is 5.71. The Kier molecular flexibility index (Phi) is 8.23. The molecule has 2 aromatic carbocycles. The van der Waals surface area contributed by atoms with Crippen molar-refractivity contribution in [3.63, 3.8) is 0 Å². The summed E-state index contributed by atoms with van der Waals surface area (Å²) >= 11 is 0. The van der Waals surface area contributed by atoms with Crippen LogP contribution in [-0.4, -0.2) is 35.2 Å². The molecule has 32 heavy (non-hydrogen) atoms. The highest BCUT2D eigenvalue weighted by Crippen LogP contribution is 2.34. The van der Waals surface area contributed by atoms with Crippen LogP contribution in [0.15, 0.2) is 54.6 Å². The second-order valence-corrected chi connectivity index (χ2v) is 8.28. The Labute approximate surface area is 188 Å². The number of hydrogen-bond acceptors (Lipinski definition) is 5. The van der Waals surface area contributed by atoms with Crippen LogP contribution in [0.25, 0.3) is 0 Å². The molecule has 1 fully saturated rings. The van der Waals surface area contributed by atoms with Crippen molar-refractivity contribution in [1.29, 1.82) is 5.26 Å². The topological polar surface area (TPSA) is 111 Å². The molecule has 1 atom stereocenters. The Morgan fingerprint density at radius 3 is 2.53 bits per heavy atom. The Hall–Kier alpha value is -3.37. The minimum absolute atomic E-state index is 0.0264. The molecule has 3 N–H and O–H groups in total. The molecule has 7 nitrogen and oxygen atoms in total. The summed E-state index contributed by atoms with van der Waals surface area (Å²) in [7, 11) is 0. The van der Waals surface area contributed by atoms with Gasteiger partial charge in [0.05, 0.1) is 24.8 Å². The van der Waals surface area contributed by atoms with E-state index in [1.165, 1.54) is 12.1 Å². The van der Waals surface area contributed by atoms with Crippen LogP contribution in [0.5, 0.6) is 0 Å². The third kappa shape index (κ3) is 6.82. The van der Waals surface area contributed by atoms with Crippen molar-refractivity contribution >= 4 is 17.6 Å². The lowest BCUT2D eigenvalue weighted by molar-refractivity contribution is -0.123. The molecule has 1 saturated carbocycles. The van der Waals surface area contributed by atoms with Crippen molar-refractivity contribution < 1.29 is 19.4 Å². The van der Waals surface area contributed by atoms with Crippen molar-refractivity contribution in [2.45, 2.75) is 56.7 Å². The van der Waals surface area contributed by atoms with Crippen LogP contribution in [0, 0.1) is 11.3 Å². The minimum Gasteiger partial charge on any atom is -0.478 e. The highest BCUT2D eigenvalue weighted by atomic mass is 16.5. The summed E-state index contributed by atoms with van der Waals surface area (Å²) in [5.41, 5.74) is 1.55. The largest absolute Gasteiger partial charge is 0.478 e. The average molecular weight is 436 g/mol. The molecule has 1 aliphatic rings. The molecule has 0 radical (unpaired) electrons. The summed E-state index contributed by atoms with van der Waals surface area (Å²) < 4.78 is 5.57. The molecule has 1 amide bonds. The molecule has 0 aromatic heterocycles. The maximum absolute atomic E-state index is 12.8. The normalized spacial score (nSPS) is 15.8. The fraction of sp³-hybridized carbons (Fsp3) is 0.400. The van der Waals surface area contributed by atoms with Crippen molar-refractivity contribution in [2.24, 2.45) is 0 Å². The van der Waals surface area contributed by atoms with Gasteiger partial charge in [-0.3, -0.25) is 4.79 Å². The molecule has 1 aliphatic carbocycles. The molecule has 0 saturated heterocycles. The van der Waals surface area contributed by atoms with E-state index < -0.39 is 12.0 Å². The summed E-state index contributed by atoms with van der Waals surface area (Å²) in [5, 5.41) is 24.9. The number of rotatable bonds is 10. The van der Waals surface area contributed by atoms with Crippen molar-refractivity contribution in [1.82, 2.24) is 5.32 Å². The number of amides is 1. The molecule has 3 rings (SSSR count). The molecule has 0 bridgehead atoms. The number of ether oxygens (including phenoxy) is 1. The monoisotopic (exact) mass is 435 g/mol. The molecule has 2 aromatic rings. The second-order valence-electron chi connectivity index (χ2n) is 8.28. The lowest BCUT2D eigenvalue weighted by atomic mass is 9.78. The second kappa shape index (κ2) is 11.3. The molecular weight excluding hydrogens is 406 g/mol. The van der Waals surface area contributed by atoms with Crippen molar-refractivity contribution in [2.75, 3.05) is 11.9 Å². The van der Waals surface area contributed by atoms with Gasteiger partial charge in [-0.2, -0.15) is 5.26 Å². The lowest BCUT2D eigenvalue weighted by Crippen LogP contribution is -2.47. The number of anilines is 1. The van der Waals surface area contributed by atoms with Crippen molar-refractivity contribution in [3.8, 4) is 6.07 Å². The number of nitriles is 1. The van der Waals surface area contributed by atoms with Gasteiger partial charge in [0.2, 0.25) is 5.91 Å². The van der Waals surface area contributed by atoms with Gasteiger partial charge in [-0.25, -0.2) is 4.79 Å². The zero-order valence-electron chi connectivity index (χ0n) is 18.0. The van der Waals surface area contributed by atoms with E-state index in [-0.39, 0.29) is 30.2 Å². The Bertz CT molecular complexity index is 949. The highest BCUT2D eigenvalue weighted by Gasteiger charge is 2.34. The number of hydrogen-bond donors (Lipinski definition) is 3. The van der Waals surface area contributed by atoms with E-state index in [0.29, 0.717) is 12.0 Å². The van der Waals surface area contributed by atoms with Crippen LogP contribution in [0.4, 0.5) is 5.69 Å². The van der Waals surface area contributed by atoms with Gasteiger partial charge in [0.15, 0.2) is 0 Å². The smallest absolute Gasteiger partial charge is 0.335 e. The molecule has 0 aliphatic heterocycles. The van der Waals surface area contributed by atoms with Crippen LogP contribution in [0.3, 0.4) is 0 Å². The van der Waals surface area contributed by atoms with Gasteiger partial charge in [-0.1, -0.05) is 49.6 Å². The van der Waals surface area contributed by atoms with Gasteiger partial charge >= 0.3 is 5.97 Å². The summed E-state index contributed by atoms with van der Waals surface area (Å²) in [4.78, 5) is 23.9. The van der Waals surface area contributed by atoms with Crippen LogP contribution in [-0.2, 0) is 16.1 Å². The molecule has 168 valence electrons. The fourth-order valence-electron chi connectivity index (χ4n) is 4.15. The Morgan fingerprint density at radius 1 is 1.09 bits per heavy atom. The van der Waals surface area contributed by atoms with Crippen LogP contribution in [0.1, 0.15) is 54.4 Å². The highest BCUT2D eigenvalue weighted by molar-refractivity contribution is 5.87. The average Bonchev–Trinajstić information content (AvgIpc) is 2.79. The van der Waals surface area contributed by atoms with Crippen LogP contribution >= 0.6 is 0 Å². The van der Waals surface area contributed by atoms with Crippen LogP contribution in [0.2, 0.25) is 0 Å². The molecule has 7 heteroatoms. The maximum Gasteiger partial charge on any atom is 0.335 e. The summed E-state index contributed by atoms with van der Waals surface area (Å²) in [6.45, 7) is 0.188. The standard InChI is InChI=1S/C25H29N3O4/c26-16-22(18-32-17-19-8-7-9-20(14-19)24(30)31)27-23(29)15-25(12-5-2-6-13-25)28-21-10-3-1-4-11-21/h1,3-4,7-11,14,22,28H,2,5-6,12-13,15,17-18H2,(H,27,29)(H,30,31)/t22-/m0/s1. The molecule has 0 unspecified atom stereocenters. The van der Waals surface area contributed by atoms with Gasteiger partial charge in [-0.15, -0.1) is 0 Å². The van der Waals surface area contributed by atoms with E-state index in [1.807, 2.05) is 30.3 Å². The summed E-state index contributed by atoms with van der Waals surface area (Å²) in [6.07, 6.45) is 5.39. The van der Waals surface area contributed by atoms with Gasteiger partial charge in [0, 0.05) is 17.6 Å². The predicted octanol–water partition coefficient (Wildman–Crippen LogP) is 4.11. The van der Waals surface area contributed by atoms with E-state index in [2.05, 4.69) is 16.7 Å². The zero-order chi connectivity index (χ0) is 22.8. The van der Waals surface area contributed by atoms with E-state index in [9.17, 15) is 14.9 Å². The maximum atomic E-state index is 12.8. The van der Waals surface area contributed by atoms with Gasteiger partial charge < -0.3 is 20.5 Å². The zero-order valence-corrected chi connectivity index (χ0v) is 18.0. The number of nitrogens with zero attached hydrogens (tertiary/aromatic N) is 1. The van der Waals surface area contributed by atoms with E-state index in [1.54, 1.807) is 12.1 Å². The third-order valence-corrected chi connectivity index (χ3v) is 5.71. The summed E-state index contributed by atoms with van der Waals surface area (Å²) in [6, 6.07) is 17.6. The SMILES string of the molecule is N#C[C@@H](COCc1cccc(C(=O)O)c1)NC(=O)CC1(Nc2ccccc2)CCCCC1. The Balaban J connectivity index is 1.53. The number of para-hydroxylation sites is 1. The first kappa shape index (κ1) is 23.3. The van der Waals surface area contributed by atoms with E-state index in [4.69, 9.17) is 9.84 Å². The molecule has 0 heterocycles. The van der Waals surface area contributed by atoms with Gasteiger partial charge in [-0.05, 0) is 42.7 Å². The quantitative estimate of drug-likeness (QED) is 0.518. The lowest BCUT2D eigenvalue weighted by Gasteiger charge is -2.39. The van der Waals surface area contributed by atoms with Crippen LogP contribution < -0.4 is 10.6 Å². The van der Waals surface area contributed by atoms with Gasteiger partial charge in [0.25, 0.3) is 0 Å². The van der Waals surface area contributed by atoms with E-state index >= 15 is 0 Å². The molecule has 0 spiro atoms. The number of benzene rings is 2. The predicted molar refractivity (Wildman–Crippen MR) is 121 cm³/mol. The minimum atomic E-state index is -1.00. The number of aromatic carboxylic acids is 1. The number of carboxylic acid groups (broad SMARTS) is 1. The van der Waals surface area contributed by atoms with Crippen molar-refractivity contribution in [3.05, 3.63) is 65.7 Å². The number of nitrogens with one attached hydrogen (secondary N) is 2. The number of carbonyl (C=O) groups is 2. The first-order valence-corrected chi connectivity index (χ1v) is 10.9. The fourth-order valence-corrected chi connectivity index (χ4v) is 4.15. The number of carbonyl (C=O) groups excluding carboxylic acids is 1. The number of carboxylic acids is 1. The van der Waals surface area contributed by atoms with E-state index in [0.717, 1.165) is 37.8 Å². The first-order valence-electron chi connectivity index (χ1n) is 10.9. The summed E-state index contributed by atoms with van der Waals surface area (Å²) in [5.74, 6) is -1.19. The molecular formula is C25H29N3O4.